The van der Waals surface area contributed by atoms with Crippen LogP contribution in [0.25, 0.3) is 0 Å². The Kier molecular flexibility index (Phi) is 6.97. The molecule has 0 bridgehead atoms. The third-order valence-corrected chi connectivity index (χ3v) is 5.61. The van der Waals surface area contributed by atoms with E-state index in [0.29, 0.717) is 18.1 Å². The number of benzene rings is 3. The summed E-state index contributed by atoms with van der Waals surface area (Å²) in [4.78, 5) is 14.4. The average Bonchev–Trinajstić information content (AvgIpc) is 3.22. The van der Waals surface area contributed by atoms with Crippen LogP contribution in [0.5, 0.6) is 0 Å². The number of amides is 1. The fourth-order valence-corrected chi connectivity index (χ4v) is 4.09. The van der Waals surface area contributed by atoms with Gasteiger partial charge in [0.1, 0.15) is 12.4 Å². The first-order valence-electron chi connectivity index (χ1n) is 10.5. The predicted octanol–water partition coefficient (Wildman–Crippen LogP) is 5.25. The maximum Gasteiger partial charge on any atom is 0.419 e. The number of nitrogens with one attached hydrogen (secondary N) is 2. The zero-order valence-corrected chi connectivity index (χ0v) is 18.3. The van der Waals surface area contributed by atoms with Gasteiger partial charge in [0.05, 0.1) is 24.0 Å². The second-order valence-corrected chi connectivity index (χ2v) is 7.83. The van der Waals surface area contributed by atoms with Crippen molar-refractivity contribution in [1.29, 1.82) is 0 Å². The summed E-state index contributed by atoms with van der Waals surface area (Å²) < 4.78 is 19.4. The van der Waals surface area contributed by atoms with Gasteiger partial charge in [0.25, 0.3) is 0 Å². The molecule has 1 atom stereocenters. The highest BCUT2D eigenvalue weighted by atomic mass is 32.1. The van der Waals surface area contributed by atoms with Gasteiger partial charge in [-0.2, -0.15) is 0 Å². The van der Waals surface area contributed by atoms with Crippen molar-refractivity contribution < 1.29 is 13.9 Å². The molecule has 0 heterocycles. The number of thiocarbonyl (C=S) groups is 1. The van der Waals surface area contributed by atoms with Crippen LogP contribution in [0.15, 0.2) is 78.9 Å². The maximum atomic E-state index is 13.9. The Balaban J connectivity index is 1.29. The van der Waals surface area contributed by atoms with Gasteiger partial charge in [0, 0.05) is 0 Å². The van der Waals surface area contributed by atoms with E-state index in [4.69, 9.17) is 17.0 Å². The Morgan fingerprint density at radius 1 is 1.00 bits per heavy atom. The molecule has 4 rings (SSSR count). The largest absolute Gasteiger partial charge is 0.447 e. The van der Waals surface area contributed by atoms with Gasteiger partial charge in [-0.15, -0.1) is 0 Å². The molecule has 0 spiro atoms. The summed E-state index contributed by atoms with van der Waals surface area (Å²) in [6.45, 7) is 0.504. The van der Waals surface area contributed by atoms with Crippen LogP contribution in [-0.2, 0) is 11.2 Å². The molecule has 0 aliphatic heterocycles. The Morgan fingerprint density at radius 3 is 2.31 bits per heavy atom. The van der Waals surface area contributed by atoms with Crippen molar-refractivity contribution in [1.82, 2.24) is 10.6 Å². The molecule has 3 aromatic carbocycles. The molecule has 7 heteroatoms. The number of carbonyl (C=O) groups excluding carboxylic acids is 1. The lowest BCUT2D eigenvalue weighted by Crippen LogP contribution is -2.39. The average molecular weight is 450 g/mol. The molecule has 1 unspecified atom stereocenters. The summed E-state index contributed by atoms with van der Waals surface area (Å²) in [7, 11) is 0. The quantitative estimate of drug-likeness (QED) is 0.398. The first-order valence-corrected chi connectivity index (χ1v) is 10.9. The third-order valence-electron chi connectivity index (χ3n) is 5.34. The zero-order chi connectivity index (χ0) is 22.3. The van der Waals surface area contributed by atoms with Crippen molar-refractivity contribution in [3.8, 4) is 0 Å². The van der Waals surface area contributed by atoms with Gasteiger partial charge in [-0.1, -0.05) is 48.5 Å². The summed E-state index contributed by atoms with van der Waals surface area (Å²) in [5.41, 5.74) is 3.15. The van der Waals surface area contributed by atoms with Gasteiger partial charge in [-0.25, -0.2) is 14.1 Å². The lowest BCUT2D eigenvalue weighted by Gasteiger charge is -2.22. The van der Waals surface area contributed by atoms with Gasteiger partial charge in [-0.05, 0) is 66.5 Å². The number of halogens is 1. The van der Waals surface area contributed by atoms with E-state index in [1.54, 1.807) is 6.07 Å². The smallest absolute Gasteiger partial charge is 0.419 e. The molecule has 1 aliphatic carbocycles. The molecule has 2 N–H and O–H groups in total. The first-order chi connectivity index (χ1) is 15.6. The molecular formula is C25H24FN3O2S. The minimum Gasteiger partial charge on any atom is -0.447 e. The Hall–Kier alpha value is -3.45. The number of hydrogen-bond donors (Lipinski definition) is 2. The molecule has 1 amide bonds. The van der Waals surface area contributed by atoms with E-state index in [1.165, 1.54) is 11.0 Å². The van der Waals surface area contributed by atoms with E-state index in [-0.39, 0.29) is 18.5 Å². The number of fused-ring (bicyclic) bond motifs is 1. The van der Waals surface area contributed by atoms with Crippen LogP contribution < -0.4 is 15.5 Å². The lowest BCUT2D eigenvalue weighted by molar-refractivity contribution is 0.158. The van der Waals surface area contributed by atoms with Crippen LogP contribution in [0.4, 0.5) is 20.6 Å². The van der Waals surface area contributed by atoms with Crippen molar-refractivity contribution in [3.63, 3.8) is 0 Å². The Bertz CT molecular complexity index is 1040. The summed E-state index contributed by atoms with van der Waals surface area (Å²) in [5.74, 6) is -0.168. The molecule has 0 aromatic heterocycles. The second-order valence-electron chi connectivity index (χ2n) is 7.42. The first kappa shape index (κ1) is 21.8. The van der Waals surface area contributed by atoms with Crippen LogP contribution in [-0.4, -0.2) is 24.4 Å². The van der Waals surface area contributed by atoms with Gasteiger partial charge in [0.15, 0.2) is 5.11 Å². The van der Waals surface area contributed by atoms with Crippen LogP contribution in [0.1, 0.15) is 23.6 Å². The zero-order valence-electron chi connectivity index (χ0n) is 17.5. The minimum absolute atomic E-state index is 0.0186. The molecule has 164 valence electrons. The topological polar surface area (TPSA) is 53.6 Å². The summed E-state index contributed by atoms with van der Waals surface area (Å²) >= 11 is 5.37. The molecule has 0 saturated carbocycles. The van der Waals surface area contributed by atoms with E-state index in [0.717, 1.165) is 28.9 Å². The summed E-state index contributed by atoms with van der Waals surface area (Å²) in [6, 6.07) is 23.8. The number of rotatable bonds is 6. The molecule has 5 nitrogen and oxygen atoms in total. The molecule has 0 fully saturated rings. The van der Waals surface area contributed by atoms with Crippen molar-refractivity contribution in [2.45, 2.75) is 18.9 Å². The maximum absolute atomic E-state index is 13.9. The van der Waals surface area contributed by atoms with Crippen LogP contribution >= 0.6 is 12.2 Å². The van der Waals surface area contributed by atoms with Crippen LogP contribution in [0.2, 0.25) is 0 Å². The van der Waals surface area contributed by atoms with Gasteiger partial charge in [0.2, 0.25) is 0 Å². The van der Waals surface area contributed by atoms with Crippen molar-refractivity contribution in [2.24, 2.45) is 0 Å². The van der Waals surface area contributed by atoms with Gasteiger partial charge in [-0.3, -0.25) is 0 Å². The van der Waals surface area contributed by atoms with Crippen molar-refractivity contribution >= 4 is 34.8 Å². The van der Waals surface area contributed by atoms with Crippen molar-refractivity contribution in [3.05, 3.63) is 95.8 Å². The van der Waals surface area contributed by atoms with Crippen LogP contribution in [0, 0.1) is 5.82 Å². The Labute approximate surface area is 192 Å². The fraction of sp³-hybridized carbons (Fsp3) is 0.200. The summed E-state index contributed by atoms with van der Waals surface area (Å²) in [5, 5.41) is 6.74. The minimum atomic E-state index is -0.469. The highest BCUT2D eigenvalue weighted by molar-refractivity contribution is 7.80. The number of para-hydroxylation sites is 2. The van der Waals surface area contributed by atoms with E-state index >= 15 is 0 Å². The monoisotopic (exact) mass is 449 g/mol. The molecule has 1 aliphatic rings. The Morgan fingerprint density at radius 2 is 1.66 bits per heavy atom. The highest BCUT2D eigenvalue weighted by Crippen LogP contribution is 2.32. The van der Waals surface area contributed by atoms with E-state index in [2.05, 4.69) is 10.6 Å². The van der Waals surface area contributed by atoms with Gasteiger partial charge < -0.3 is 15.4 Å². The van der Waals surface area contributed by atoms with Crippen molar-refractivity contribution in [2.75, 3.05) is 18.1 Å². The van der Waals surface area contributed by atoms with Gasteiger partial charge >= 0.3 is 6.09 Å². The van der Waals surface area contributed by atoms with Crippen LogP contribution in [0.3, 0.4) is 0 Å². The molecule has 3 aromatic rings. The molecule has 0 saturated heterocycles. The van der Waals surface area contributed by atoms with E-state index in [9.17, 15) is 9.18 Å². The highest BCUT2D eigenvalue weighted by Gasteiger charge is 2.25. The number of nitrogens with zero attached hydrogens (tertiary/aromatic N) is 1. The number of carbonyl (C=O) groups is 1. The normalized spacial score (nSPS) is 14.3. The number of anilines is 2. The molecule has 0 radical (unpaired) electrons. The van der Waals surface area contributed by atoms with E-state index < -0.39 is 6.09 Å². The van der Waals surface area contributed by atoms with E-state index in [1.807, 2.05) is 66.7 Å². The standard InChI is InChI=1S/C25H24FN3O2S/c26-22-13-7-12-21-20(22)14-15-23(21)28-24(32)27-16-17-31-25(30)29(18-8-3-1-4-9-18)19-10-5-2-6-11-19/h1-13,23H,14-17H2,(H2,27,28,32). The third kappa shape index (κ3) is 5.06. The SMILES string of the molecule is O=C(OCCNC(=S)NC1CCc2c(F)cccc21)N(c1ccccc1)c1ccccc1. The lowest BCUT2D eigenvalue weighted by atomic mass is 10.1. The number of ether oxygens (including phenoxy) is 1. The molecule has 32 heavy (non-hydrogen) atoms. The molecular weight excluding hydrogens is 425 g/mol. The predicted molar refractivity (Wildman–Crippen MR) is 128 cm³/mol. The summed E-state index contributed by atoms with van der Waals surface area (Å²) in [6.07, 6.45) is 1.01. The number of hydrogen-bond acceptors (Lipinski definition) is 3. The second kappa shape index (κ2) is 10.2. The fourth-order valence-electron chi connectivity index (χ4n) is 3.85.